The van der Waals surface area contributed by atoms with Gasteiger partial charge in [0.2, 0.25) is 5.75 Å². The van der Waals surface area contributed by atoms with Crippen LogP contribution in [0, 0.1) is 0 Å². The van der Waals surface area contributed by atoms with E-state index in [2.05, 4.69) is 0 Å². The minimum absolute atomic E-state index is 0.0455. The number of rotatable bonds is 2. The van der Waals surface area contributed by atoms with Crippen molar-refractivity contribution >= 4 is 6.08 Å². The average molecular weight is 196 g/mol. The molecule has 0 bridgehead atoms. The summed E-state index contributed by atoms with van der Waals surface area (Å²) in [4.78, 5) is 0. The molecule has 1 aromatic rings. The molecule has 0 radical (unpaired) electrons. The Bertz CT molecular complexity index is 369. The number of benzene rings is 1. The van der Waals surface area contributed by atoms with Gasteiger partial charge in [0.05, 0.1) is 12.7 Å². The Kier molecular flexibility index (Phi) is 2.86. The zero-order valence-electron chi connectivity index (χ0n) is 7.98. The molecule has 0 fully saturated rings. The largest absolute Gasteiger partial charge is 0.507 e. The molecule has 0 amide bonds. The highest BCUT2D eigenvalue weighted by atomic mass is 16.5. The van der Waals surface area contributed by atoms with Crippen LogP contribution in [0.2, 0.25) is 0 Å². The summed E-state index contributed by atoms with van der Waals surface area (Å²) in [6, 6.07) is 1.12. The van der Waals surface area contributed by atoms with Crippen LogP contribution < -0.4 is 4.74 Å². The molecule has 1 aromatic carbocycles. The van der Waals surface area contributed by atoms with Gasteiger partial charge in [0.15, 0.2) is 11.5 Å². The first-order chi connectivity index (χ1) is 6.61. The van der Waals surface area contributed by atoms with E-state index < -0.39 is 0 Å². The zero-order chi connectivity index (χ0) is 10.7. The van der Waals surface area contributed by atoms with E-state index in [-0.39, 0.29) is 28.6 Å². The molecule has 4 nitrogen and oxygen atoms in total. The van der Waals surface area contributed by atoms with E-state index in [0.717, 1.165) is 6.07 Å². The highest BCUT2D eigenvalue weighted by Crippen LogP contribution is 2.43. The van der Waals surface area contributed by atoms with Crippen molar-refractivity contribution in [3.05, 3.63) is 17.7 Å². The van der Waals surface area contributed by atoms with E-state index in [1.807, 2.05) is 0 Å². The summed E-state index contributed by atoms with van der Waals surface area (Å²) in [5.74, 6) is -0.811. The summed E-state index contributed by atoms with van der Waals surface area (Å²) in [6.07, 6.45) is 3.18. The van der Waals surface area contributed by atoms with Crippen LogP contribution in [-0.4, -0.2) is 22.4 Å². The fourth-order valence-corrected chi connectivity index (χ4v) is 1.17. The number of methoxy groups -OCH3 is 1. The minimum atomic E-state index is -0.296. The fourth-order valence-electron chi connectivity index (χ4n) is 1.17. The van der Waals surface area contributed by atoms with E-state index in [1.165, 1.54) is 13.2 Å². The summed E-state index contributed by atoms with van der Waals surface area (Å²) >= 11 is 0. The molecule has 0 spiro atoms. The van der Waals surface area contributed by atoms with Gasteiger partial charge in [-0.15, -0.1) is 0 Å². The Balaban J connectivity index is 3.43. The monoisotopic (exact) mass is 196 g/mol. The minimum Gasteiger partial charge on any atom is -0.507 e. The van der Waals surface area contributed by atoms with E-state index in [9.17, 15) is 15.3 Å². The molecule has 0 unspecified atom stereocenters. The summed E-state index contributed by atoms with van der Waals surface area (Å²) in [5.41, 5.74) is 0.224. The van der Waals surface area contributed by atoms with Gasteiger partial charge in [-0.3, -0.25) is 0 Å². The van der Waals surface area contributed by atoms with Crippen molar-refractivity contribution in [2.45, 2.75) is 6.92 Å². The third-order valence-corrected chi connectivity index (χ3v) is 1.79. The molecular formula is C10H12O4. The summed E-state index contributed by atoms with van der Waals surface area (Å²) < 4.78 is 4.77. The normalized spacial score (nSPS) is 10.7. The molecule has 0 saturated heterocycles. The lowest BCUT2D eigenvalue weighted by atomic mass is 10.1. The van der Waals surface area contributed by atoms with Gasteiger partial charge >= 0.3 is 0 Å². The first-order valence-electron chi connectivity index (χ1n) is 4.06. The van der Waals surface area contributed by atoms with E-state index >= 15 is 0 Å². The predicted octanol–water partition coefficient (Wildman–Crippen LogP) is 1.85. The number of hydrogen-bond acceptors (Lipinski definition) is 4. The zero-order valence-corrected chi connectivity index (χ0v) is 7.98. The van der Waals surface area contributed by atoms with Crippen molar-refractivity contribution in [3.63, 3.8) is 0 Å². The van der Waals surface area contributed by atoms with Gasteiger partial charge in [0, 0.05) is 6.07 Å². The van der Waals surface area contributed by atoms with Crippen LogP contribution in [0.1, 0.15) is 12.5 Å². The summed E-state index contributed by atoms with van der Waals surface area (Å²) in [5, 5.41) is 28.3. The van der Waals surface area contributed by atoms with Crippen LogP contribution in [0.25, 0.3) is 6.08 Å². The first kappa shape index (κ1) is 10.2. The highest BCUT2D eigenvalue weighted by molar-refractivity contribution is 5.71. The van der Waals surface area contributed by atoms with Crippen molar-refractivity contribution in [3.8, 4) is 23.0 Å². The van der Waals surface area contributed by atoms with Gasteiger partial charge in [-0.25, -0.2) is 0 Å². The molecule has 14 heavy (non-hydrogen) atoms. The molecule has 0 aliphatic heterocycles. The maximum atomic E-state index is 9.59. The van der Waals surface area contributed by atoms with Gasteiger partial charge in [-0.05, 0) is 6.92 Å². The smallest absolute Gasteiger partial charge is 0.203 e. The van der Waals surface area contributed by atoms with Gasteiger partial charge in [-0.1, -0.05) is 12.2 Å². The maximum absolute atomic E-state index is 9.59. The molecule has 0 aliphatic rings. The van der Waals surface area contributed by atoms with E-state index in [0.29, 0.717) is 0 Å². The SMILES string of the molecule is C/C=C/c1c(O)cc(O)c(OC)c1O. The molecule has 1 rings (SSSR count). The van der Waals surface area contributed by atoms with Crippen molar-refractivity contribution in [2.75, 3.05) is 7.11 Å². The van der Waals surface area contributed by atoms with Crippen LogP contribution in [0.15, 0.2) is 12.1 Å². The lowest BCUT2D eigenvalue weighted by Crippen LogP contribution is -1.87. The first-order valence-corrected chi connectivity index (χ1v) is 4.06. The third-order valence-electron chi connectivity index (χ3n) is 1.79. The lowest BCUT2D eigenvalue weighted by molar-refractivity contribution is 0.339. The van der Waals surface area contributed by atoms with Crippen LogP contribution in [0.4, 0.5) is 0 Å². The molecule has 0 aromatic heterocycles. The second-order valence-electron chi connectivity index (χ2n) is 2.71. The molecule has 0 heterocycles. The van der Waals surface area contributed by atoms with Gasteiger partial charge < -0.3 is 20.1 Å². The van der Waals surface area contributed by atoms with Crippen molar-refractivity contribution < 1.29 is 20.1 Å². The topological polar surface area (TPSA) is 69.9 Å². The molecule has 3 N–H and O–H groups in total. The van der Waals surface area contributed by atoms with Crippen LogP contribution in [0.3, 0.4) is 0 Å². The number of ether oxygens (including phenoxy) is 1. The third kappa shape index (κ3) is 1.59. The van der Waals surface area contributed by atoms with E-state index in [1.54, 1.807) is 13.0 Å². The van der Waals surface area contributed by atoms with Crippen LogP contribution in [0.5, 0.6) is 23.0 Å². The summed E-state index contributed by atoms with van der Waals surface area (Å²) in [7, 11) is 1.32. The number of aromatic hydroxyl groups is 3. The van der Waals surface area contributed by atoms with Crippen molar-refractivity contribution in [1.29, 1.82) is 0 Å². The Morgan fingerprint density at radius 3 is 2.36 bits per heavy atom. The highest BCUT2D eigenvalue weighted by Gasteiger charge is 2.15. The molecule has 4 heteroatoms. The Morgan fingerprint density at radius 2 is 1.86 bits per heavy atom. The van der Waals surface area contributed by atoms with Gasteiger partial charge in [0.1, 0.15) is 5.75 Å². The average Bonchev–Trinajstić information content (AvgIpc) is 2.12. The van der Waals surface area contributed by atoms with Gasteiger partial charge in [-0.2, -0.15) is 0 Å². The summed E-state index contributed by atoms with van der Waals surface area (Å²) in [6.45, 7) is 1.75. The number of phenolic OH excluding ortho intramolecular Hbond substituents is 3. The Labute approximate surface area is 81.7 Å². The van der Waals surface area contributed by atoms with Crippen molar-refractivity contribution in [1.82, 2.24) is 0 Å². The molecular weight excluding hydrogens is 184 g/mol. The van der Waals surface area contributed by atoms with E-state index in [4.69, 9.17) is 4.74 Å². The number of hydrogen-bond donors (Lipinski definition) is 3. The number of phenols is 3. The second-order valence-corrected chi connectivity index (χ2v) is 2.71. The lowest BCUT2D eigenvalue weighted by Gasteiger charge is -2.09. The Morgan fingerprint density at radius 1 is 1.21 bits per heavy atom. The molecule has 0 atom stereocenters. The Hall–Kier alpha value is -1.84. The van der Waals surface area contributed by atoms with Crippen LogP contribution >= 0.6 is 0 Å². The standard InChI is InChI=1S/C10H12O4/c1-3-4-6-7(11)5-8(12)10(14-2)9(6)13/h3-5,11-13H,1-2H3/b4-3+. The molecule has 76 valence electrons. The fraction of sp³-hybridized carbons (Fsp3) is 0.200. The van der Waals surface area contributed by atoms with Crippen molar-refractivity contribution in [2.24, 2.45) is 0 Å². The molecule has 0 aliphatic carbocycles. The maximum Gasteiger partial charge on any atom is 0.203 e. The number of allylic oxidation sites excluding steroid dienone is 1. The molecule has 0 saturated carbocycles. The quantitative estimate of drug-likeness (QED) is 0.675. The van der Waals surface area contributed by atoms with Gasteiger partial charge in [0.25, 0.3) is 0 Å². The predicted molar refractivity (Wildman–Crippen MR) is 52.7 cm³/mol. The second kappa shape index (κ2) is 3.91. The van der Waals surface area contributed by atoms with Crippen LogP contribution in [-0.2, 0) is 0 Å².